The van der Waals surface area contributed by atoms with Gasteiger partial charge in [0.1, 0.15) is 29.1 Å². The highest BCUT2D eigenvalue weighted by Crippen LogP contribution is 2.37. The molecule has 2 aliphatic rings. The molecule has 2 fully saturated rings. The Hall–Kier alpha value is -3.49. The van der Waals surface area contributed by atoms with E-state index in [1.807, 2.05) is 13.8 Å². The summed E-state index contributed by atoms with van der Waals surface area (Å²) in [5, 5.41) is 3.13. The van der Waals surface area contributed by atoms with Gasteiger partial charge in [-0.3, -0.25) is 9.59 Å². The van der Waals surface area contributed by atoms with Crippen LogP contribution in [-0.2, 0) is 4.79 Å². The third-order valence-electron chi connectivity index (χ3n) is 7.27. The molecule has 9 heteroatoms. The van der Waals surface area contributed by atoms with Crippen molar-refractivity contribution < 1.29 is 18.7 Å². The van der Waals surface area contributed by atoms with Crippen LogP contribution in [0.3, 0.4) is 0 Å². The van der Waals surface area contributed by atoms with Crippen LogP contribution < -0.4 is 10.1 Å². The van der Waals surface area contributed by atoms with Crippen molar-refractivity contribution in [3.8, 4) is 17.0 Å². The number of amides is 2. The van der Waals surface area contributed by atoms with Crippen molar-refractivity contribution in [3.05, 3.63) is 41.6 Å². The Labute approximate surface area is 209 Å². The Morgan fingerprint density at radius 1 is 1.28 bits per heavy atom. The second-order valence-electron chi connectivity index (χ2n) is 10.6. The molecule has 1 aliphatic heterocycles. The van der Waals surface area contributed by atoms with Gasteiger partial charge in [-0.15, -0.1) is 0 Å². The molecule has 0 spiro atoms. The molecule has 2 aromatic heterocycles. The van der Waals surface area contributed by atoms with Crippen molar-refractivity contribution in [1.29, 1.82) is 0 Å². The number of carbonyl (C=O) groups excluding carboxylic acids is 2. The molecule has 1 unspecified atom stereocenters. The smallest absolute Gasteiger partial charge is 0.255 e. The average molecular weight is 494 g/mol. The molecule has 8 nitrogen and oxygen atoms in total. The van der Waals surface area contributed by atoms with Crippen LogP contribution in [-0.4, -0.2) is 57.4 Å². The van der Waals surface area contributed by atoms with Crippen LogP contribution in [0.5, 0.6) is 5.75 Å². The summed E-state index contributed by atoms with van der Waals surface area (Å²) in [7, 11) is 0. The van der Waals surface area contributed by atoms with Gasteiger partial charge < -0.3 is 19.9 Å². The van der Waals surface area contributed by atoms with Crippen LogP contribution in [0.1, 0.15) is 56.1 Å². The highest BCUT2D eigenvalue weighted by Gasteiger charge is 2.42. The molecule has 3 aromatic rings. The van der Waals surface area contributed by atoms with Gasteiger partial charge in [0, 0.05) is 36.2 Å². The zero-order chi connectivity index (χ0) is 25.6. The van der Waals surface area contributed by atoms with Gasteiger partial charge in [-0.2, -0.15) is 0 Å². The number of likely N-dealkylation sites (tertiary alicyclic amines) is 1. The second-order valence-corrected chi connectivity index (χ2v) is 10.6. The van der Waals surface area contributed by atoms with Crippen LogP contribution >= 0.6 is 0 Å². The Bertz CT molecular complexity index is 1330. The molecule has 2 N–H and O–H groups in total. The number of hydrogen-bond donors (Lipinski definition) is 2. The molecule has 0 radical (unpaired) electrons. The van der Waals surface area contributed by atoms with E-state index in [9.17, 15) is 14.0 Å². The van der Waals surface area contributed by atoms with Crippen molar-refractivity contribution in [1.82, 2.24) is 25.2 Å². The summed E-state index contributed by atoms with van der Waals surface area (Å²) >= 11 is 0. The van der Waals surface area contributed by atoms with E-state index < -0.39 is 5.82 Å². The van der Waals surface area contributed by atoms with E-state index >= 15 is 0 Å². The van der Waals surface area contributed by atoms with E-state index in [0.29, 0.717) is 71.3 Å². The lowest BCUT2D eigenvalue weighted by Gasteiger charge is -2.26. The predicted molar refractivity (Wildman–Crippen MR) is 134 cm³/mol. The van der Waals surface area contributed by atoms with Crippen molar-refractivity contribution >= 4 is 22.8 Å². The molecule has 1 aromatic carbocycles. The van der Waals surface area contributed by atoms with Gasteiger partial charge in [0.05, 0.1) is 23.7 Å². The Morgan fingerprint density at radius 2 is 2.06 bits per heavy atom. The van der Waals surface area contributed by atoms with E-state index in [-0.39, 0.29) is 23.3 Å². The van der Waals surface area contributed by atoms with Gasteiger partial charge in [0.15, 0.2) is 0 Å². The van der Waals surface area contributed by atoms with Crippen LogP contribution in [0.2, 0.25) is 0 Å². The lowest BCUT2D eigenvalue weighted by atomic mass is 9.87. The molecule has 0 bridgehead atoms. The maximum Gasteiger partial charge on any atom is 0.255 e. The Morgan fingerprint density at radius 3 is 2.78 bits per heavy atom. The van der Waals surface area contributed by atoms with Gasteiger partial charge in [-0.05, 0) is 43.9 Å². The quantitative estimate of drug-likeness (QED) is 0.513. The van der Waals surface area contributed by atoms with Crippen LogP contribution in [0, 0.1) is 24.1 Å². The number of benzene rings is 1. The fourth-order valence-corrected chi connectivity index (χ4v) is 4.93. The number of rotatable bonds is 7. The average Bonchev–Trinajstić information content (AvgIpc) is 3.53. The molecule has 5 rings (SSSR count). The lowest BCUT2D eigenvalue weighted by molar-refractivity contribution is -0.130. The number of aromatic amines is 1. The number of halogens is 1. The Balaban J connectivity index is 1.47. The number of hydrogen-bond acceptors (Lipinski definition) is 5. The van der Waals surface area contributed by atoms with Crippen molar-refractivity contribution in [2.75, 3.05) is 19.7 Å². The summed E-state index contributed by atoms with van der Waals surface area (Å²) in [5.41, 5.74) is 2.80. The Kier molecular flexibility index (Phi) is 6.18. The summed E-state index contributed by atoms with van der Waals surface area (Å²) in [6, 6.07) is 4.20. The minimum absolute atomic E-state index is 0.0790. The first-order valence-electron chi connectivity index (χ1n) is 12.5. The van der Waals surface area contributed by atoms with Gasteiger partial charge >= 0.3 is 0 Å². The number of carbonyl (C=O) groups is 2. The molecule has 1 aliphatic carbocycles. The third kappa shape index (κ3) is 4.54. The molecular weight excluding hydrogens is 461 g/mol. The fourth-order valence-electron chi connectivity index (χ4n) is 4.93. The lowest BCUT2D eigenvalue weighted by Crippen LogP contribution is -2.44. The van der Waals surface area contributed by atoms with Crippen molar-refractivity contribution in [2.45, 2.75) is 53.0 Å². The van der Waals surface area contributed by atoms with Crippen molar-refractivity contribution in [2.24, 2.45) is 11.3 Å². The van der Waals surface area contributed by atoms with E-state index in [1.165, 1.54) is 18.5 Å². The largest absolute Gasteiger partial charge is 0.493 e. The molecule has 36 heavy (non-hydrogen) atoms. The normalized spacial score (nSPS) is 19.0. The summed E-state index contributed by atoms with van der Waals surface area (Å²) in [4.78, 5) is 39.7. The summed E-state index contributed by atoms with van der Waals surface area (Å²) in [6.07, 6.45) is 4.11. The third-order valence-corrected chi connectivity index (χ3v) is 7.27. The van der Waals surface area contributed by atoms with Crippen LogP contribution in [0.15, 0.2) is 24.5 Å². The van der Waals surface area contributed by atoms with E-state index in [0.717, 1.165) is 12.8 Å². The fraction of sp³-hybridized carbons (Fsp3) is 0.481. The summed E-state index contributed by atoms with van der Waals surface area (Å²) in [6.45, 7) is 9.40. The number of nitrogens with zero attached hydrogens (tertiary/aromatic N) is 3. The first-order chi connectivity index (χ1) is 17.2. The molecule has 1 saturated carbocycles. The molecule has 3 heterocycles. The number of aromatic nitrogens is 3. The van der Waals surface area contributed by atoms with Gasteiger partial charge in [0.25, 0.3) is 5.91 Å². The standard InChI is InChI=1S/C27H32FN5O3/c1-5-21(34)33-11-20(27(3,4)13-33)32-26(35)22-15(2)31-25-23(29-14-30-24(22)25)18-10-17(28)8-9-19(18)36-12-16-6-7-16/h8-10,14,16,20,31H,5-7,11-13H2,1-4H3,(H,32,35). The topological polar surface area (TPSA) is 100 Å². The number of nitrogens with one attached hydrogen (secondary N) is 2. The van der Waals surface area contributed by atoms with Gasteiger partial charge in [-0.1, -0.05) is 20.8 Å². The SMILES string of the molecule is CCC(=O)N1CC(NC(=O)c2c(C)[nH]c3c(-c4cc(F)ccc4OCC4CC4)ncnc23)C(C)(C)C1. The zero-order valence-corrected chi connectivity index (χ0v) is 21.2. The summed E-state index contributed by atoms with van der Waals surface area (Å²) in [5.74, 6) is 0.508. The molecule has 190 valence electrons. The molecule has 1 saturated heterocycles. The molecule has 1 atom stereocenters. The minimum Gasteiger partial charge on any atom is -0.493 e. The maximum absolute atomic E-state index is 14.3. The first-order valence-corrected chi connectivity index (χ1v) is 12.5. The number of aryl methyl sites for hydroxylation is 1. The number of ether oxygens (including phenoxy) is 1. The maximum atomic E-state index is 14.3. The molecular formula is C27H32FN5O3. The summed E-state index contributed by atoms with van der Waals surface area (Å²) < 4.78 is 20.3. The van der Waals surface area contributed by atoms with Gasteiger partial charge in [-0.25, -0.2) is 14.4 Å². The van der Waals surface area contributed by atoms with E-state index in [2.05, 4.69) is 34.1 Å². The van der Waals surface area contributed by atoms with Crippen molar-refractivity contribution in [3.63, 3.8) is 0 Å². The molecule has 2 amide bonds. The minimum atomic E-state index is -0.397. The monoisotopic (exact) mass is 493 g/mol. The van der Waals surface area contributed by atoms with E-state index in [4.69, 9.17) is 4.74 Å². The van der Waals surface area contributed by atoms with Crippen LogP contribution in [0.4, 0.5) is 4.39 Å². The van der Waals surface area contributed by atoms with Gasteiger partial charge in [0.2, 0.25) is 5.91 Å². The number of fused-ring (bicyclic) bond motifs is 1. The highest BCUT2D eigenvalue weighted by molar-refractivity contribution is 6.09. The second kappa shape index (κ2) is 9.19. The first kappa shape index (κ1) is 24.2. The predicted octanol–water partition coefficient (Wildman–Crippen LogP) is 4.24. The zero-order valence-electron chi connectivity index (χ0n) is 21.2. The van der Waals surface area contributed by atoms with E-state index in [1.54, 1.807) is 11.0 Å². The number of H-pyrrole nitrogens is 1. The van der Waals surface area contributed by atoms with Crippen LogP contribution in [0.25, 0.3) is 22.3 Å². The highest BCUT2D eigenvalue weighted by atomic mass is 19.1.